The fourth-order valence-corrected chi connectivity index (χ4v) is 2.79. The zero-order chi connectivity index (χ0) is 14.5. The SMILES string of the molecule is CCOc1cc(CNC2CC2)ccc1OCc1ccsc1. The molecule has 1 N–H and O–H groups in total. The van der Waals surface area contributed by atoms with Crippen LogP contribution >= 0.6 is 11.3 Å². The fourth-order valence-electron chi connectivity index (χ4n) is 2.14. The average molecular weight is 303 g/mol. The van der Waals surface area contributed by atoms with Crippen molar-refractivity contribution in [2.75, 3.05) is 6.61 Å². The van der Waals surface area contributed by atoms with Gasteiger partial charge in [0.25, 0.3) is 0 Å². The highest BCUT2D eigenvalue weighted by Gasteiger charge is 2.20. The van der Waals surface area contributed by atoms with Gasteiger partial charge in [0.15, 0.2) is 11.5 Å². The van der Waals surface area contributed by atoms with Crippen LogP contribution in [0.25, 0.3) is 0 Å². The Bertz CT molecular complexity index is 564. The molecule has 2 aromatic rings. The molecule has 3 nitrogen and oxygen atoms in total. The number of benzene rings is 1. The number of ether oxygens (including phenoxy) is 2. The molecule has 1 aromatic heterocycles. The van der Waals surface area contributed by atoms with Gasteiger partial charge >= 0.3 is 0 Å². The highest BCUT2D eigenvalue weighted by atomic mass is 32.1. The van der Waals surface area contributed by atoms with Crippen LogP contribution < -0.4 is 14.8 Å². The van der Waals surface area contributed by atoms with Crippen molar-refractivity contribution in [3.05, 3.63) is 46.2 Å². The first-order chi connectivity index (χ1) is 10.3. The molecule has 1 saturated carbocycles. The molecule has 1 fully saturated rings. The van der Waals surface area contributed by atoms with Crippen molar-refractivity contribution in [2.24, 2.45) is 0 Å². The predicted molar refractivity (Wildman–Crippen MR) is 86.1 cm³/mol. The Morgan fingerprint density at radius 2 is 2.05 bits per heavy atom. The Morgan fingerprint density at radius 1 is 1.14 bits per heavy atom. The van der Waals surface area contributed by atoms with Gasteiger partial charge in [0, 0.05) is 12.6 Å². The van der Waals surface area contributed by atoms with Gasteiger partial charge in [-0.2, -0.15) is 11.3 Å². The van der Waals surface area contributed by atoms with Gasteiger partial charge < -0.3 is 14.8 Å². The van der Waals surface area contributed by atoms with Gasteiger partial charge in [-0.1, -0.05) is 6.07 Å². The number of hydrogen-bond donors (Lipinski definition) is 1. The van der Waals surface area contributed by atoms with Crippen LogP contribution in [-0.2, 0) is 13.2 Å². The molecule has 1 aliphatic carbocycles. The van der Waals surface area contributed by atoms with Crippen LogP contribution in [0.4, 0.5) is 0 Å². The summed E-state index contributed by atoms with van der Waals surface area (Å²) in [5.41, 5.74) is 2.44. The van der Waals surface area contributed by atoms with E-state index in [4.69, 9.17) is 9.47 Å². The van der Waals surface area contributed by atoms with Crippen LogP contribution in [0.15, 0.2) is 35.0 Å². The topological polar surface area (TPSA) is 30.5 Å². The van der Waals surface area contributed by atoms with Crippen LogP contribution in [0.2, 0.25) is 0 Å². The Balaban J connectivity index is 1.65. The van der Waals surface area contributed by atoms with Crippen molar-refractivity contribution in [3.63, 3.8) is 0 Å². The molecule has 0 bridgehead atoms. The van der Waals surface area contributed by atoms with E-state index in [-0.39, 0.29) is 0 Å². The third kappa shape index (κ3) is 4.22. The van der Waals surface area contributed by atoms with Gasteiger partial charge in [0.2, 0.25) is 0 Å². The molecule has 0 radical (unpaired) electrons. The van der Waals surface area contributed by atoms with Crippen molar-refractivity contribution in [2.45, 2.75) is 39.0 Å². The summed E-state index contributed by atoms with van der Waals surface area (Å²) < 4.78 is 11.6. The maximum Gasteiger partial charge on any atom is 0.161 e. The summed E-state index contributed by atoms with van der Waals surface area (Å²) in [5.74, 6) is 1.65. The minimum atomic E-state index is 0.587. The first-order valence-electron chi connectivity index (χ1n) is 7.48. The van der Waals surface area contributed by atoms with Crippen LogP contribution in [0, 0.1) is 0 Å². The summed E-state index contributed by atoms with van der Waals surface area (Å²) >= 11 is 1.69. The molecule has 0 unspecified atom stereocenters. The second kappa shape index (κ2) is 6.96. The molecule has 3 rings (SSSR count). The van der Waals surface area contributed by atoms with E-state index >= 15 is 0 Å². The van der Waals surface area contributed by atoms with Gasteiger partial charge in [-0.05, 0) is 59.9 Å². The number of nitrogens with one attached hydrogen (secondary N) is 1. The minimum Gasteiger partial charge on any atom is -0.490 e. The monoisotopic (exact) mass is 303 g/mol. The third-order valence-electron chi connectivity index (χ3n) is 3.45. The van der Waals surface area contributed by atoms with E-state index in [1.165, 1.54) is 24.0 Å². The molecular formula is C17H21NO2S. The molecule has 1 heterocycles. The van der Waals surface area contributed by atoms with Crippen LogP contribution in [0.5, 0.6) is 11.5 Å². The highest BCUT2D eigenvalue weighted by Crippen LogP contribution is 2.30. The van der Waals surface area contributed by atoms with E-state index in [0.717, 1.165) is 24.1 Å². The number of hydrogen-bond acceptors (Lipinski definition) is 4. The molecule has 4 heteroatoms. The minimum absolute atomic E-state index is 0.587. The normalized spacial score (nSPS) is 14.1. The zero-order valence-electron chi connectivity index (χ0n) is 12.3. The van der Waals surface area contributed by atoms with E-state index in [9.17, 15) is 0 Å². The molecule has 21 heavy (non-hydrogen) atoms. The van der Waals surface area contributed by atoms with Gasteiger partial charge in [-0.15, -0.1) is 0 Å². The van der Waals surface area contributed by atoms with Crippen molar-refractivity contribution in [3.8, 4) is 11.5 Å². The molecule has 0 aliphatic heterocycles. The fraction of sp³-hybridized carbons (Fsp3) is 0.412. The van der Waals surface area contributed by atoms with E-state index in [1.807, 2.05) is 13.0 Å². The van der Waals surface area contributed by atoms with Gasteiger partial charge in [0.1, 0.15) is 6.61 Å². The van der Waals surface area contributed by atoms with Crippen molar-refractivity contribution >= 4 is 11.3 Å². The van der Waals surface area contributed by atoms with Gasteiger partial charge in [0.05, 0.1) is 6.61 Å². The van der Waals surface area contributed by atoms with Gasteiger partial charge in [-0.25, -0.2) is 0 Å². The van der Waals surface area contributed by atoms with Crippen molar-refractivity contribution in [1.82, 2.24) is 5.32 Å². The Kier molecular flexibility index (Phi) is 4.78. The molecule has 1 aliphatic rings. The van der Waals surface area contributed by atoms with E-state index < -0.39 is 0 Å². The standard InChI is InChI=1S/C17H21NO2S/c1-2-19-17-9-13(10-18-15-4-5-15)3-6-16(17)20-11-14-7-8-21-12-14/h3,6-9,12,15,18H,2,4-5,10-11H2,1H3. The van der Waals surface area contributed by atoms with Crippen LogP contribution in [0.1, 0.15) is 30.9 Å². The molecule has 0 amide bonds. The smallest absolute Gasteiger partial charge is 0.161 e. The van der Waals surface area contributed by atoms with Gasteiger partial charge in [-0.3, -0.25) is 0 Å². The van der Waals surface area contributed by atoms with Crippen molar-refractivity contribution < 1.29 is 9.47 Å². The van der Waals surface area contributed by atoms with E-state index in [1.54, 1.807) is 11.3 Å². The Morgan fingerprint density at radius 3 is 2.76 bits per heavy atom. The lowest BCUT2D eigenvalue weighted by molar-refractivity contribution is 0.269. The van der Waals surface area contributed by atoms with Crippen molar-refractivity contribution in [1.29, 1.82) is 0 Å². The third-order valence-corrected chi connectivity index (χ3v) is 4.19. The maximum atomic E-state index is 5.89. The highest BCUT2D eigenvalue weighted by molar-refractivity contribution is 7.07. The summed E-state index contributed by atoms with van der Waals surface area (Å²) in [6.07, 6.45) is 2.61. The summed E-state index contributed by atoms with van der Waals surface area (Å²) in [4.78, 5) is 0. The lowest BCUT2D eigenvalue weighted by Gasteiger charge is -2.13. The largest absolute Gasteiger partial charge is 0.490 e. The first-order valence-corrected chi connectivity index (χ1v) is 8.42. The summed E-state index contributed by atoms with van der Waals surface area (Å²) in [6, 6.07) is 9.01. The molecule has 1 aromatic carbocycles. The predicted octanol–water partition coefficient (Wildman–Crippen LogP) is 3.98. The quantitative estimate of drug-likeness (QED) is 0.800. The van der Waals surface area contributed by atoms with E-state index in [2.05, 4.69) is 34.3 Å². The number of thiophene rings is 1. The number of rotatable bonds is 8. The zero-order valence-corrected chi connectivity index (χ0v) is 13.1. The summed E-state index contributed by atoms with van der Waals surface area (Å²) in [6.45, 7) is 4.13. The Hall–Kier alpha value is -1.52. The summed E-state index contributed by atoms with van der Waals surface area (Å²) in [5, 5.41) is 7.69. The Labute approximate surface area is 129 Å². The summed E-state index contributed by atoms with van der Waals surface area (Å²) in [7, 11) is 0. The first kappa shape index (κ1) is 14.4. The second-order valence-electron chi connectivity index (χ2n) is 5.29. The van der Waals surface area contributed by atoms with E-state index in [0.29, 0.717) is 13.2 Å². The molecule has 0 saturated heterocycles. The van der Waals surface area contributed by atoms with Crippen LogP contribution in [0.3, 0.4) is 0 Å². The molecule has 0 atom stereocenters. The molecule has 0 spiro atoms. The van der Waals surface area contributed by atoms with Crippen LogP contribution in [-0.4, -0.2) is 12.6 Å². The maximum absolute atomic E-state index is 5.89. The second-order valence-corrected chi connectivity index (χ2v) is 6.07. The lowest BCUT2D eigenvalue weighted by atomic mass is 10.2. The molecular weight excluding hydrogens is 282 g/mol. The average Bonchev–Trinajstić information content (AvgIpc) is 3.18. The lowest BCUT2D eigenvalue weighted by Crippen LogP contribution is -2.15. The molecule has 112 valence electrons.